The topological polar surface area (TPSA) is 94.8 Å². The lowest BCUT2D eigenvalue weighted by molar-refractivity contribution is -0.141. The summed E-state index contributed by atoms with van der Waals surface area (Å²) < 4.78 is 0. The van der Waals surface area contributed by atoms with Crippen molar-refractivity contribution in [2.75, 3.05) is 0 Å². The standard InChI is InChI=1S/C24H36O5/c1-12(25)13-9-18(29)24(6)20-14(26)10-16-21(2,3)17(28)7-8-22(16,4)19(20)15(27)11-23(13,24)5/h13-14,16-18,26,28-29H,7-11H2,1-6H3. The number of hydrogen-bond acceptors (Lipinski definition) is 5. The summed E-state index contributed by atoms with van der Waals surface area (Å²) in [6, 6.07) is 0. The number of fused-ring (bicyclic) bond motifs is 4. The second-order valence-corrected chi connectivity index (χ2v) is 11.5. The summed E-state index contributed by atoms with van der Waals surface area (Å²) in [4.78, 5) is 26.1. The van der Waals surface area contributed by atoms with E-state index in [0.717, 1.165) is 0 Å². The molecule has 2 fully saturated rings. The van der Waals surface area contributed by atoms with Crippen molar-refractivity contribution < 1.29 is 24.9 Å². The molecular formula is C24H36O5. The molecule has 5 heteroatoms. The summed E-state index contributed by atoms with van der Waals surface area (Å²) in [6.07, 6.45) is 0.262. The largest absolute Gasteiger partial charge is 0.393 e. The van der Waals surface area contributed by atoms with Gasteiger partial charge in [0, 0.05) is 23.3 Å². The van der Waals surface area contributed by atoms with Crippen LogP contribution in [0.3, 0.4) is 0 Å². The molecule has 0 aromatic rings. The summed E-state index contributed by atoms with van der Waals surface area (Å²) in [7, 11) is 0. The number of carbonyl (C=O) groups excluding carboxylic acids is 2. The van der Waals surface area contributed by atoms with Gasteiger partial charge in [0.2, 0.25) is 0 Å². The lowest BCUT2D eigenvalue weighted by Crippen LogP contribution is -2.61. The van der Waals surface area contributed by atoms with Gasteiger partial charge in [0.25, 0.3) is 0 Å². The minimum Gasteiger partial charge on any atom is -0.393 e. The average molecular weight is 405 g/mol. The Kier molecular flexibility index (Phi) is 4.40. The first kappa shape index (κ1) is 21.2. The zero-order chi connectivity index (χ0) is 21.7. The first-order chi connectivity index (χ1) is 13.2. The molecule has 8 unspecified atom stereocenters. The molecule has 0 aromatic heterocycles. The van der Waals surface area contributed by atoms with Crippen LogP contribution in [0.15, 0.2) is 11.1 Å². The lowest BCUT2D eigenvalue weighted by atomic mass is 9.42. The fourth-order valence-electron chi connectivity index (χ4n) is 8.08. The van der Waals surface area contributed by atoms with Gasteiger partial charge in [0.15, 0.2) is 5.78 Å². The SMILES string of the molecule is CC(=O)C1CC(O)C2(C)C3=C(C(=O)CC12C)C1(C)CCC(O)C(C)(C)C1CC3O. The van der Waals surface area contributed by atoms with Crippen molar-refractivity contribution in [3.05, 3.63) is 11.1 Å². The predicted molar refractivity (Wildman–Crippen MR) is 109 cm³/mol. The first-order valence-electron chi connectivity index (χ1n) is 11.1. The summed E-state index contributed by atoms with van der Waals surface area (Å²) in [5.41, 5.74) is -0.984. The number of Topliss-reactive ketones (excluding diaryl/α,β-unsaturated/α-hetero) is 2. The van der Waals surface area contributed by atoms with Crippen molar-refractivity contribution in [3.63, 3.8) is 0 Å². The highest BCUT2D eigenvalue weighted by molar-refractivity contribution is 6.01. The monoisotopic (exact) mass is 404 g/mol. The van der Waals surface area contributed by atoms with E-state index < -0.39 is 40.0 Å². The van der Waals surface area contributed by atoms with E-state index in [2.05, 4.69) is 6.92 Å². The molecule has 4 aliphatic carbocycles. The Morgan fingerprint density at radius 2 is 1.62 bits per heavy atom. The molecular weight excluding hydrogens is 368 g/mol. The van der Waals surface area contributed by atoms with E-state index in [0.29, 0.717) is 36.8 Å². The van der Waals surface area contributed by atoms with Crippen LogP contribution in [0.1, 0.15) is 73.6 Å². The Bertz CT molecular complexity index is 812. The van der Waals surface area contributed by atoms with Crippen molar-refractivity contribution in [2.24, 2.45) is 33.5 Å². The van der Waals surface area contributed by atoms with Gasteiger partial charge in [-0.3, -0.25) is 9.59 Å². The van der Waals surface area contributed by atoms with Crippen molar-refractivity contribution in [3.8, 4) is 0 Å². The fraction of sp³-hybridized carbons (Fsp3) is 0.833. The van der Waals surface area contributed by atoms with E-state index in [1.54, 1.807) is 6.92 Å². The molecule has 0 aliphatic heterocycles. The van der Waals surface area contributed by atoms with Gasteiger partial charge in [0.05, 0.1) is 18.3 Å². The third-order valence-electron chi connectivity index (χ3n) is 10.0. The zero-order valence-electron chi connectivity index (χ0n) is 18.6. The molecule has 0 heterocycles. The number of aliphatic hydroxyl groups is 3. The van der Waals surface area contributed by atoms with Gasteiger partial charge in [-0.1, -0.05) is 34.6 Å². The lowest BCUT2D eigenvalue weighted by Gasteiger charge is -2.62. The Labute approximate surface area is 173 Å². The maximum Gasteiger partial charge on any atom is 0.160 e. The highest BCUT2D eigenvalue weighted by atomic mass is 16.3. The summed E-state index contributed by atoms with van der Waals surface area (Å²) in [5.74, 6) is -0.392. The van der Waals surface area contributed by atoms with Gasteiger partial charge in [-0.05, 0) is 60.3 Å². The van der Waals surface area contributed by atoms with Crippen LogP contribution in [-0.2, 0) is 9.59 Å². The third-order valence-corrected chi connectivity index (χ3v) is 10.0. The average Bonchev–Trinajstić information content (AvgIpc) is 2.81. The van der Waals surface area contributed by atoms with Crippen LogP contribution < -0.4 is 0 Å². The quantitative estimate of drug-likeness (QED) is 0.625. The molecule has 0 amide bonds. The van der Waals surface area contributed by atoms with Crippen LogP contribution in [0.25, 0.3) is 0 Å². The molecule has 0 spiro atoms. The normalized spacial score (nSPS) is 51.3. The zero-order valence-corrected chi connectivity index (χ0v) is 18.6. The van der Waals surface area contributed by atoms with Gasteiger partial charge in [-0.25, -0.2) is 0 Å². The maximum absolute atomic E-state index is 13.7. The molecule has 2 saturated carbocycles. The van der Waals surface area contributed by atoms with Gasteiger partial charge in [-0.15, -0.1) is 0 Å². The van der Waals surface area contributed by atoms with Crippen LogP contribution in [0.2, 0.25) is 0 Å². The van der Waals surface area contributed by atoms with Crippen molar-refractivity contribution in [1.29, 1.82) is 0 Å². The third kappa shape index (κ3) is 2.33. The van der Waals surface area contributed by atoms with Gasteiger partial charge >= 0.3 is 0 Å². The Balaban J connectivity index is 1.96. The molecule has 0 aromatic carbocycles. The predicted octanol–water partition coefficient (Wildman–Crippen LogP) is 2.81. The van der Waals surface area contributed by atoms with Gasteiger partial charge in [0.1, 0.15) is 5.78 Å². The molecule has 4 rings (SSSR count). The highest BCUT2D eigenvalue weighted by Gasteiger charge is 2.70. The molecule has 0 saturated heterocycles. The second kappa shape index (κ2) is 6.02. The Hall–Kier alpha value is -1.04. The van der Waals surface area contributed by atoms with E-state index in [9.17, 15) is 24.9 Å². The van der Waals surface area contributed by atoms with E-state index >= 15 is 0 Å². The van der Waals surface area contributed by atoms with Gasteiger partial charge in [-0.2, -0.15) is 0 Å². The fourth-order valence-corrected chi connectivity index (χ4v) is 8.08. The molecule has 8 atom stereocenters. The van der Waals surface area contributed by atoms with E-state index in [1.165, 1.54) is 0 Å². The van der Waals surface area contributed by atoms with Crippen LogP contribution in [-0.4, -0.2) is 45.2 Å². The van der Waals surface area contributed by atoms with Crippen LogP contribution in [0, 0.1) is 33.5 Å². The molecule has 5 nitrogen and oxygen atoms in total. The van der Waals surface area contributed by atoms with E-state index in [-0.39, 0.29) is 29.8 Å². The van der Waals surface area contributed by atoms with Crippen LogP contribution in [0.5, 0.6) is 0 Å². The number of rotatable bonds is 1. The number of hydrogen-bond donors (Lipinski definition) is 3. The van der Waals surface area contributed by atoms with Crippen molar-refractivity contribution >= 4 is 11.6 Å². The maximum atomic E-state index is 13.7. The minimum atomic E-state index is -0.846. The molecule has 162 valence electrons. The highest BCUT2D eigenvalue weighted by Crippen LogP contribution is 2.70. The van der Waals surface area contributed by atoms with E-state index in [4.69, 9.17) is 0 Å². The van der Waals surface area contributed by atoms with Crippen molar-refractivity contribution in [1.82, 2.24) is 0 Å². The molecule has 4 aliphatic rings. The number of allylic oxidation sites excluding steroid dienone is 1. The number of ketones is 2. The summed E-state index contributed by atoms with van der Waals surface area (Å²) in [5, 5.41) is 33.2. The summed E-state index contributed by atoms with van der Waals surface area (Å²) in [6.45, 7) is 11.6. The minimum absolute atomic E-state index is 0.00318. The van der Waals surface area contributed by atoms with E-state index in [1.807, 2.05) is 27.7 Å². The number of carbonyl (C=O) groups is 2. The number of aliphatic hydroxyl groups excluding tert-OH is 3. The second-order valence-electron chi connectivity index (χ2n) is 11.5. The molecule has 0 bridgehead atoms. The first-order valence-corrected chi connectivity index (χ1v) is 11.1. The van der Waals surface area contributed by atoms with Crippen LogP contribution in [0.4, 0.5) is 0 Å². The molecule has 3 N–H and O–H groups in total. The molecule has 29 heavy (non-hydrogen) atoms. The smallest absolute Gasteiger partial charge is 0.160 e. The van der Waals surface area contributed by atoms with Gasteiger partial charge < -0.3 is 15.3 Å². The summed E-state index contributed by atoms with van der Waals surface area (Å²) >= 11 is 0. The molecule has 0 radical (unpaired) electrons. The van der Waals surface area contributed by atoms with Crippen LogP contribution >= 0.6 is 0 Å². The van der Waals surface area contributed by atoms with Crippen molar-refractivity contribution in [2.45, 2.75) is 92.0 Å². The Morgan fingerprint density at radius 3 is 2.21 bits per heavy atom. The Morgan fingerprint density at radius 1 is 1.00 bits per heavy atom.